The molecule has 0 atom stereocenters. The van der Waals surface area contributed by atoms with Crippen LogP contribution in [0.3, 0.4) is 0 Å². The van der Waals surface area contributed by atoms with E-state index < -0.39 is 5.54 Å². The van der Waals surface area contributed by atoms with Crippen molar-refractivity contribution in [2.24, 2.45) is 5.73 Å². The molecule has 1 rings (SSSR count). The summed E-state index contributed by atoms with van der Waals surface area (Å²) in [5, 5.41) is 0. The number of ketones is 1. The van der Waals surface area contributed by atoms with Crippen LogP contribution in [0, 0.1) is 13.8 Å². The molecule has 1 aromatic heterocycles. The fraction of sp³-hybridized carbons (Fsp3) is 0.600. The van der Waals surface area contributed by atoms with Crippen molar-refractivity contribution in [3.8, 4) is 5.75 Å². The zero-order valence-electron chi connectivity index (χ0n) is 12.5. The van der Waals surface area contributed by atoms with Crippen molar-refractivity contribution in [3.63, 3.8) is 0 Å². The van der Waals surface area contributed by atoms with Gasteiger partial charge in [0.25, 0.3) is 0 Å². The number of carbonyl (C=O) groups is 1. The third-order valence-electron chi connectivity index (χ3n) is 3.89. The minimum Gasteiger partial charge on any atom is -0.496 e. The molecule has 4 heteroatoms. The lowest BCUT2D eigenvalue weighted by atomic mass is 9.86. The summed E-state index contributed by atoms with van der Waals surface area (Å²) in [7, 11) is 1.63. The molecule has 1 heterocycles. The summed E-state index contributed by atoms with van der Waals surface area (Å²) >= 11 is 0. The number of nitrogens with two attached hydrogens (primary N) is 1. The molecule has 0 amide bonds. The molecule has 0 saturated heterocycles. The molecule has 0 unspecified atom stereocenters. The minimum atomic E-state index is -0.744. The molecule has 19 heavy (non-hydrogen) atoms. The second-order valence-corrected chi connectivity index (χ2v) is 5.01. The molecule has 0 aliphatic heterocycles. The van der Waals surface area contributed by atoms with Gasteiger partial charge in [-0.25, -0.2) is 0 Å². The van der Waals surface area contributed by atoms with Gasteiger partial charge in [0.1, 0.15) is 5.75 Å². The summed E-state index contributed by atoms with van der Waals surface area (Å²) in [4.78, 5) is 16.7. The van der Waals surface area contributed by atoms with E-state index >= 15 is 0 Å². The molecule has 0 saturated carbocycles. The Hall–Kier alpha value is -1.42. The molecule has 0 aromatic carbocycles. The summed E-state index contributed by atoms with van der Waals surface area (Å²) in [6.07, 6.45) is 3.29. The Balaban J connectivity index is 3.04. The van der Waals surface area contributed by atoms with Crippen LogP contribution < -0.4 is 10.5 Å². The van der Waals surface area contributed by atoms with E-state index in [-0.39, 0.29) is 12.2 Å². The van der Waals surface area contributed by atoms with Crippen LogP contribution in [-0.2, 0) is 11.2 Å². The minimum absolute atomic E-state index is 0.0407. The highest BCUT2D eigenvalue weighted by Gasteiger charge is 2.30. The molecule has 0 spiro atoms. The number of methoxy groups -OCH3 is 1. The predicted octanol–water partition coefficient (Wildman–Crippen LogP) is 2.34. The van der Waals surface area contributed by atoms with Gasteiger partial charge in [-0.15, -0.1) is 0 Å². The number of Topliss-reactive ketones (excluding diaryl/α,β-unsaturated/α-hetero) is 1. The molecule has 0 bridgehead atoms. The monoisotopic (exact) mass is 264 g/mol. The highest BCUT2D eigenvalue weighted by molar-refractivity contribution is 5.89. The van der Waals surface area contributed by atoms with Gasteiger partial charge in [0, 0.05) is 17.3 Å². The molecule has 0 aliphatic rings. The Kier molecular flexibility index (Phi) is 5.06. The van der Waals surface area contributed by atoms with E-state index in [0.29, 0.717) is 12.8 Å². The summed E-state index contributed by atoms with van der Waals surface area (Å²) in [6, 6.07) is 0. The van der Waals surface area contributed by atoms with Gasteiger partial charge >= 0.3 is 0 Å². The number of rotatable bonds is 6. The SMILES string of the molecule is CCC(N)(CC)C(=O)Cc1ncc(C)c(OC)c1C. The quantitative estimate of drug-likeness (QED) is 0.856. The van der Waals surface area contributed by atoms with E-state index in [1.807, 2.05) is 27.7 Å². The zero-order valence-corrected chi connectivity index (χ0v) is 12.5. The van der Waals surface area contributed by atoms with Gasteiger partial charge in [0.05, 0.1) is 24.8 Å². The van der Waals surface area contributed by atoms with Gasteiger partial charge in [-0.1, -0.05) is 13.8 Å². The number of aryl methyl sites for hydroxylation is 1. The van der Waals surface area contributed by atoms with E-state index in [0.717, 1.165) is 22.6 Å². The number of nitrogens with zero attached hydrogens (tertiary/aromatic N) is 1. The van der Waals surface area contributed by atoms with Crippen LogP contribution in [0.2, 0.25) is 0 Å². The lowest BCUT2D eigenvalue weighted by molar-refractivity contribution is -0.123. The van der Waals surface area contributed by atoms with Gasteiger partial charge in [-0.05, 0) is 26.7 Å². The largest absolute Gasteiger partial charge is 0.496 e. The maximum Gasteiger partial charge on any atom is 0.158 e. The molecular formula is C15H24N2O2. The normalized spacial score (nSPS) is 11.5. The molecule has 4 nitrogen and oxygen atoms in total. The van der Waals surface area contributed by atoms with Gasteiger partial charge in [0.15, 0.2) is 5.78 Å². The van der Waals surface area contributed by atoms with Gasteiger partial charge in [-0.3, -0.25) is 9.78 Å². The number of pyridine rings is 1. The third kappa shape index (κ3) is 3.13. The van der Waals surface area contributed by atoms with Crippen LogP contribution in [0.1, 0.15) is 43.5 Å². The third-order valence-corrected chi connectivity index (χ3v) is 3.89. The Morgan fingerprint density at radius 2 is 1.95 bits per heavy atom. The first-order valence-electron chi connectivity index (χ1n) is 6.70. The van der Waals surface area contributed by atoms with Gasteiger partial charge in [0.2, 0.25) is 0 Å². The Morgan fingerprint density at radius 1 is 1.37 bits per heavy atom. The average Bonchev–Trinajstić information content (AvgIpc) is 2.41. The Bertz CT molecular complexity index is 465. The van der Waals surface area contributed by atoms with Crippen LogP contribution in [-0.4, -0.2) is 23.4 Å². The maximum absolute atomic E-state index is 12.3. The predicted molar refractivity (Wildman–Crippen MR) is 76.5 cm³/mol. The second kappa shape index (κ2) is 6.15. The molecule has 106 valence electrons. The van der Waals surface area contributed by atoms with E-state index in [2.05, 4.69) is 4.98 Å². The zero-order chi connectivity index (χ0) is 14.6. The van der Waals surface area contributed by atoms with Crippen LogP contribution in [0.15, 0.2) is 6.20 Å². The molecule has 0 fully saturated rings. The fourth-order valence-electron chi connectivity index (χ4n) is 2.22. The van der Waals surface area contributed by atoms with E-state index in [1.165, 1.54) is 0 Å². The first kappa shape index (κ1) is 15.6. The summed E-state index contributed by atoms with van der Waals surface area (Å²) in [6.45, 7) is 7.75. The molecular weight excluding hydrogens is 240 g/mol. The molecule has 1 aromatic rings. The highest BCUT2D eigenvalue weighted by atomic mass is 16.5. The maximum atomic E-state index is 12.3. The standard InChI is InChI=1S/C15H24N2O2/c1-6-15(16,7-2)13(18)8-12-11(4)14(19-5)10(3)9-17-12/h9H,6-8,16H2,1-5H3. The van der Waals surface area contributed by atoms with E-state index in [9.17, 15) is 4.79 Å². The van der Waals surface area contributed by atoms with Crippen molar-refractivity contribution >= 4 is 5.78 Å². The summed E-state index contributed by atoms with van der Waals surface area (Å²) < 4.78 is 5.35. The Morgan fingerprint density at radius 3 is 2.42 bits per heavy atom. The molecule has 2 N–H and O–H groups in total. The smallest absolute Gasteiger partial charge is 0.158 e. The van der Waals surface area contributed by atoms with Gasteiger partial charge in [-0.2, -0.15) is 0 Å². The average molecular weight is 264 g/mol. The number of aromatic nitrogens is 1. The second-order valence-electron chi connectivity index (χ2n) is 5.01. The van der Waals surface area contributed by atoms with Crippen molar-refractivity contribution in [1.29, 1.82) is 0 Å². The van der Waals surface area contributed by atoms with Crippen LogP contribution in [0.25, 0.3) is 0 Å². The van der Waals surface area contributed by atoms with Crippen LogP contribution in [0.4, 0.5) is 0 Å². The lowest BCUT2D eigenvalue weighted by Crippen LogP contribution is -2.47. The fourth-order valence-corrected chi connectivity index (χ4v) is 2.22. The number of hydrogen-bond donors (Lipinski definition) is 1. The van der Waals surface area contributed by atoms with Crippen molar-refractivity contribution in [1.82, 2.24) is 4.98 Å². The number of carbonyl (C=O) groups excluding carboxylic acids is 1. The van der Waals surface area contributed by atoms with Crippen molar-refractivity contribution < 1.29 is 9.53 Å². The summed E-state index contributed by atoms with van der Waals surface area (Å²) in [5.74, 6) is 0.840. The number of hydrogen-bond acceptors (Lipinski definition) is 4. The van der Waals surface area contributed by atoms with Crippen molar-refractivity contribution in [3.05, 3.63) is 23.0 Å². The van der Waals surface area contributed by atoms with Gasteiger partial charge < -0.3 is 10.5 Å². The van der Waals surface area contributed by atoms with Crippen molar-refractivity contribution in [2.75, 3.05) is 7.11 Å². The number of ether oxygens (including phenoxy) is 1. The molecule has 0 aliphatic carbocycles. The summed E-state index contributed by atoms with van der Waals surface area (Å²) in [5.41, 5.74) is 8.03. The lowest BCUT2D eigenvalue weighted by Gasteiger charge is -2.25. The Labute approximate surface area is 115 Å². The van der Waals surface area contributed by atoms with Crippen molar-refractivity contribution in [2.45, 2.75) is 52.5 Å². The van der Waals surface area contributed by atoms with Crippen LogP contribution in [0.5, 0.6) is 5.75 Å². The highest BCUT2D eigenvalue weighted by Crippen LogP contribution is 2.25. The topological polar surface area (TPSA) is 65.2 Å². The first-order chi connectivity index (χ1) is 8.89. The first-order valence-corrected chi connectivity index (χ1v) is 6.70. The molecule has 0 radical (unpaired) electrons. The van der Waals surface area contributed by atoms with E-state index in [1.54, 1.807) is 13.3 Å². The van der Waals surface area contributed by atoms with E-state index in [4.69, 9.17) is 10.5 Å². The van der Waals surface area contributed by atoms with Crippen LogP contribution >= 0.6 is 0 Å².